The van der Waals surface area contributed by atoms with Gasteiger partial charge in [-0.15, -0.1) is 6.58 Å². The van der Waals surface area contributed by atoms with Crippen LogP contribution in [0.5, 0.6) is 11.6 Å². The zero-order valence-corrected chi connectivity index (χ0v) is 16.8. The summed E-state index contributed by atoms with van der Waals surface area (Å²) in [6, 6.07) is 3.83. The SMILES string of the molecule is C=CCCOc1nc(NC(=O)Nc2cc(Br)cc(F)c2OCC=C)cnc1C#N. The fourth-order valence-corrected chi connectivity index (χ4v) is 2.49. The van der Waals surface area contributed by atoms with Crippen LogP contribution < -0.4 is 20.1 Å². The fourth-order valence-electron chi connectivity index (χ4n) is 2.06. The number of aromatic nitrogens is 2. The molecule has 0 radical (unpaired) electrons. The Morgan fingerprint density at radius 3 is 2.79 bits per heavy atom. The van der Waals surface area contributed by atoms with Gasteiger partial charge in [0, 0.05) is 4.47 Å². The molecule has 2 rings (SSSR count). The third kappa shape index (κ3) is 6.29. The number of nitriles is 1. The number of nitrogens with one attached hydrogen (secondary N) is 2. The van der Waals surface area contributed by atoms with Gasteiger partial charge in [0.05, 0.1) is 18.5 Å². The molecule has 8 nitrogen and oxygen atoms in total. The molecule has 1 aromatic carbocycles. The van der Waals surface area contributed by atoms with Crippen molar-refractivity contribution < 1.29 is 18.7 Å². The predicted molar refractivity (Wildman–Crippen MR) is 109 cm³/mol. The molecule has 0 atom stereocenters. The largest absolute Gasteiger partial charge is 0.484 e. The molecule has 0 aliphatic carbocycles. The summed E-state index contributed by atoms with van der Waals surface area (Å²) in [5, 5.41) is 14.0. The normalized spacial score (nSPS) is 9.83. The second-order valence-electron chi connectivity index (χ2n) is 5.39. The van der Waals surface area contributed by atoms with E-state index in [2.05, 4.69) is 49.7 Å². The van der Waals surface area contributed by atoms with E-state index in [1.54, 1.807) is 6.08 Å². The Bertz CT molecular complexity index is 962. The minimum atomic E-state index is -0.720. The Labute approximate surface area is 175 Å². The highest BCUT2D eigenvalue weighted by Gasteiger charge is 2.16. The van der Waals surface area contributed by atoms with Crippen LogP contribution in [0, 0.1) is 17.1 Å². The number of hydrogen-bond acceptors (Lipinski definition) is 6. The van der Waals surface area contributed by atoms with E-state index in [-0.39, 0.29) is 42.0 Å². The molecule has 1 aromatic heterocycles. The maximum atomic E-state index is 14.2. The van der Waals surface area contributed by atoms with E-state index in [1.165, 1.54) is 24.4 Å². The van der Waals surface area contributed by atoms with Crippen molar-refractivity contribution in [1.82, 2.24) is 9.97 Å². The van der Waals surface area contributed by atoms with Gasteiger partial charge in [-0.3, -0.25) is 5.32 Å². The smallest absolute Gasteiger partial charge is 0.325 e. The summed E-state index contributed by atoms with van der Waals surface area (Å²) in [6.07, 6.45) is 4.85. The summed E-state index contributed by atoms with van der Waals surface area (Å²) in [4.78, 5) is 20.3. The zero-order chi connectivity index (χ0) is 21.2. The van der Waals surface area contributed by atoms with Crippen molar-refractivity contribution in [3.05, 3.63) is 59.6 Å². The number of nitrogens with zero attached hydrogens (tertiary/aromatic N) is 3. The summed E-state index contributed by atoms with van der Waals surface area (Å²) in [7, 11) is 0. The molecule has 0 spiro atoms. The zero-order valence-electron chi connectivity index (χ0n) is 15.2. The van der Waals surface area contributed by atoms with Crippen molar-refractivity contribution >= 4 is 33.5 Å². The molecule has 0 saturated heterocycles. The molecule has 1 heterocycles. The number of carbonyl (C=O) groups excluding carboxylic acids is 1. The number of rotatable bonds is 9. The van der Waals surface area contributed by atoms with Gasteiger partial charge in [0.2, 0.25) is 5.69 Å². The van der Waals surface area contributed by atoms with Crippen molar-refractivity contribution in [2.24, 2.45) is 0 Å². The highest BCUT2D eigenvalue weighted by Crippen LogP contribution is 2.32. The van der Waals surface area contributed by atoms with Gasteiger partial charge in [-0.05, 0) is 18.6 Å². The van der Waals surface area contributed by atoms with Crippen LogP contribution in [0.1, 0.15) is 12.1 Å². The fraction of sp³-hybridized carbons (Fsp3) is 0.158. The number of carbonyl (C=O) groups is 1. The van der Waals surface area contributed by atoms with Gasteiger partial charge in [-0.1, -0.05) is 34.7 Å². The lowest BCUT2D eigenvalue weighted by atomic mass is 10.3. The lowest BCUT2D eigenvalue weighted by Gasteiger charge is -2.14. The summed E-state index contributed by atoms with van der Waals surface area (Å²) >= 11 is 3.16. The molecule has 0 saturated carbocycles. The number of urea groups is 1. The van der Waals surface area contributed by atoms with E-state index in [0.29, 0.717) is 10.9 Å². The van der Waals surface area contributed by atoms with E-state index < -0.39 is 11.8 Å². The number of benzene rings is 1. The molecule has 2 aromatic rings. The van der Waals surface area contributed by atoms with Gasteiger partial charge in [-0.25, -0.2) is 14.2 Å². The Morgan fingerprint density at radius 2 is 2.10 bits per heavy atom. The molecule has 0 bridgehead atoms. The average molecular weight is 462 g/mol. The van der Waals surface area contributed by atoms with Gasteiger partial charge in [0.15, 0.2) is 17.4 Å². The van der Waals surface area contributed by atoms with E-state index in [1.807, 2.05) is 6.07 Å². The number of halogens is 2. The Morgan fingerprint density at radius 1 is 1.31 bits per heavy atom. The first-order chi connectivity index (χ1) is 14.0. The average Bonchev–Trinajstić information content (AvgIpc) is 2.67. The quantitative estimate of drug-likeness (QED) is 0.422. The van der Waals surface area contributed by atoms with Gasteiger partial charge in [0.25, 0.3) is 5.88 Å². The first-order valence-corrected chi connectivity index (χ1v) is 9.09. The number of amides is 2. The van der Waals surface area contributed by atoms with Crippen molar-refractivity contribution in [2.45, 2.75) is 6.42 Å². The molecule has 2 amide bonds. The summed E-state index contributed by atoms with van der Waals surface area (Å²) in [5.74, 6) is -0.773. The molecule has 29 heavy (non-hydrogen) atoms. The third-order valence-electron chi connectivity index (χ3n) is 3.25. The second kappa shape index (κ2) is 10.8. The van der Waals surface area contributed by atoms with Crippen LogP contribution in [-0.4, -0.2) is 29.2 Å². The maximum absolute atomic E-state index is 14.2. The highest BCUT2D eigenvalue weighted by molar-refractivity contribution is 9.10. The molecule has 150 valence electrons. The number of hydrogen-bond donors (Lipinski definition) is 2. The first kappa shape index (κ1) is 21.8. The summed E-state index contributed by atoms with van der Waals surface area (Å²) in [6.45, 7) is 7.39. The van der Waals surface area contributed by atoms with Crippen molar-refractivity contribution in [3.8, 4) is 17.7 Å². The monoisotopic (exact) mass is 461 g/mol. The van der Waals surface area contributed by atoms with E-state index in [4.69, 9.17) is 14.7 Å². The molecule has 0 unspecified atom stereocenters. The number of ether oxygens (including phenoxy) is 2. The van der Waals surface area contributed by atoms with Crippen LogP contribution in [0.25, 0.3) is 0 Å². The van der Waals surface area contributed by atoms with Gasteiger partial charge in [0.1, 0.15) is 12.7 Å². The molecule has 10 heteroatoms. The minimum Gasteiger partial charge on any atom is -0.484 e. The Kier molecular flexibility index (Phi) is 8.12. The highest BCUT2D eigenvalue weighted by atomic mass is 79.9. The van der Waals surface area contributed by atoms with Crippen molar-refractivity contribution in [3.63, 3.8) is 0 Å². The molecule has 0 aliphatic heterocycles. The van der Waals surface area contributed by atoms with E-state index >= 15 is 0 Å². The lowest BCUT2D eigenvalue weighted by molar-refractivity contribution is 0.261. The molecule has 0 aliphatic rings. The maximum Gasteiger partial charge on any atom is 0.325 e. The van der Waals surface area contributed by atoms with Gasteiger partial charge < -0.3 is 14.8 Å². The third-order valence-corrected chi connectivity index (χ3v) is 3.71. The molecule has 0 fully saturated rings. The molecular weight excluding hydrogens is 445 g/mol. The van der Waals surface area contributed by atoms with Crippen LogP contribution in [0.3, 0.4) is 0 Å². The molecular formula is C19H17BrFN5O3. The number of anilines is 2. The van der Waals surface area contributed by atoms with Crippen LogP contribution in [0.2, 0.25) is 0 Å². The van der Waals surface area contributed by atoms with Crippen LogP contribution >= 0.6 is 15.9 Å². The Hall–Kier alpha value is -3.45. The van der Waals surface area contributed by atoms with Crippen LogP contribution in [0.4, 0.5) is 20.7 Å². The summed E-state index contributed by atoms with van der Waals surface area (Å²) < 4.78 is 25.2. The summed E-state index contributed by atoms with van der Waals surface area (Å²) in [5.41, 5.74) is 0.0782. The van der Waals surface area contributed by atoms with E-state index in [0.717, 1.165) is 0 Å². The Balaban J connectivity index is 2.17. The topological polar surface area (TPSA) is 109 Å². The van der Waals surface area contributed by atoms with Gasteiger partial charge >= 0.3 is 6.03 Å². The van der Waals surface area contributed by atoms with Crippen molar-refractivity contribution in [1.29, 1.82) is 5.26 Å². The lowest BCUT2D eigenvalue weighted by Crippen LogP contribution is -2.21. The minimum absolute atomic E-state index is 0.0179. The van der Waals surface area contributed by atoms with Crippen molar-refractivity contribution in [2.75, 3.05) is 23.8 Å². The first-order valence-electron chi connectivity index (χ1n) is 8.30. The van der Waals surface area contributed by atoms with Crippen LogP contribution in [0.15, 0.2) is 48.1 Å². The van der Waals surface area contributed by atoms with Gasteiger partial charge in [-0.2, -0.15) is 10.2 Å². The predicted octanol–water partition coefficient (Wildman–Crippen LogP) is 4.41. The standard InChI is InChI=1S/C19H17BrFN5O3/c1-3-5-7-29-18-15(10-22)23-11-16(25-18)26-19(27)24-14-9-12(20)8-13(21)17(14)28-6-4-2/h3-4,8-9,11H,1-2,5-7H2,(H2,24,25,26,27). The molecule has 2 N–H and O–H groups in total. The van der Waals surface area contributed by atoms with E-state index in [9.17, 15) is 9.18 Å². The second-order valence-corrected chi connectivity index (χ2v) is 6.31. The van der Waals surface area contributed by atoms with Crippen LogP contribution in [-0.2, 0) is 0 Å².